The zero-order chi connectivity index (χ0) is 30.3. The van der Waals surface area contributed by atoms with Crippen LogP contribution in [0.15, 0.2) is 24.3 Å². The Kier molecular flexibility index (Phi) is 11.6. The molecule has 0 spiro atoms. The molecule has 1 saturated heterocycles. The fourth-order valence-electron chi connectivity index (χ4n) is 6.06. The highest BCUT2D eigenvalue weighted by molar-refractivity contribution is 5.32. The van der Waals surface area contributed by atoms with Crippen molar-refractivity contribution in [2.45, 2.75) is 108 Å². The molecule has 3 fully saturated rings. The van der Waals surface area contributed by atoms with Crippen molar-refractivity contribution in [2.24, 2.45) is 17.8 Å². The molecule has 2 unspecified atom stereocenters. The number of alkyl halides is 5. The quantitative estimate of drug-likeness (QED) is 0.185. The van der Waals surface area contributed by atoms with E-state index < -0.39 is 41.2 Å². The van der Waals surface area contributed by atoms with Crippen molar-refractivity contribution in [1.82, 2.24) is 0 Å². The first-order valence-corrected chi connectivity index (χ1v) is 15.1. The van der Waals surface area contributed by atoms with Gasteiger partial charge in [0, 0.05) is 18.7 Å². The maximum absolute atomic E-state index is 14.7. The van der Waals surface area contributed by atoms with E-state index in [2.05, 4.69) is 23.8 Å². The first-order chi connectivity index (χ1) is 19.9. The predicted octanol–water partition coefficient (Wildman–Crippen LogP) is 8.87. The molecule has 0 radical (unpaired) electrons. The van der Waals surface area contributed by atoms with Crippen LogP contribution in [0.1, 0.15) is 83.1 Å². The summed E-state index contributed by atoms with van der Waals surface area (Å²) in [5.41, 5.74) is -2.15. The van der Waals surface area contributed by atoms with E-state index in [1.54, 1.807) is 0 Å². The van der Waals surface area contributed by atoms with Crippen molar-refractivity contribution < 1.29 is 49.7 Å². The molecule has 1 heterocycles. The van der Waals surface area contributed by atoms with Gasteiger partial charge in [0.15, 0.2) is 0 Å². The summed E-state index contributed by atoms with van der Waals surface area (Å²) in [5.74, 6) is -5.33. The van der Waals surface area contributed by atoms with Gasteiger partial charge in [0.05, 0.1) is 37.4 Å². The van der Waals surface area contributed by atoms with Crippen LogP contribution in [0.2, 0.25) is 0 Å². The lowest BCUT2D eigenvalue weighted by Gasteiger charge is -2.34. The monoisotopic (exact) mass is 610 g/mol. The van der Waals surface area contributed by atoms with E-state index in [1.807, 2.05) is 0 Å². The van der Waals surface area contributed by atoms with E-state index in [9.17, 15) is 30.7 Å². The smallest absolute Gasteiger partial charge is 0.422 e. The Labute approximate surface area is 242 Å². The minimum Gasteiger partial charge on any atom is -0.432 e. The van der Waals surface area contributed by atoms with Crippen LogP contribution < -0.4 is 4.74 Å². The maximum atomic E-state index is 14.7. The van der Waals surface area contributed by atoms with Crippen LogP contribution in [0, 0.1) is 29.4 Å². The number of allylic oxidation sites excluding steroid dienone is 2. The zero-order valence-electron chi connectivity index (χ0n) is 24.0. The van der Waals surface area contributed by atoms with E-state index in [1.165, 1.54) is 12.8 Å². The van der Waals surface area contributed by atoms with E-state index in [0.29, 0.717) is 17.9 Å². The summed E-state index contributed by atoms with van der Waals surface area (Å²) in [4.78, 5) is 0. The third-order valence-corrected chi connectivity index (χ3v) is 8.57. The number of benzene rings is 1. The lowest BCUT2D eigenvalue weighted by atomic mass is 9.83. The van der Waals surface area contributed by atoms with Crippen LogP contribution in [0.5, 0.6) is 5.75 Å². The van der Waals surface area contributed by atoms with Crippen LogP contribution in [-0.4, -0.2) is 44.2 Å². The SMILES string of the molecule is CCCOC1CCC(/C=C/C2CCC(OCC3CCC(C(F)(F)Oc4cc(F)c(C(F)(F)F)c(F)c4)CO3)CC2)CC1. The van der Waals surface area contributed by atoms with Gasteiger partial charge in [-0.05, 0) is 82.5 Å². The van der Waals surface area contributed by atoms with E-state index >= 15 is 0 Å². The van der Waals surface area contributed by atoms with Gasteiger partial charge in [0.2, 0.25) is 0 Å². The summed E-state index contributed by atoms with van der Waals surface area (Å²) in [6.45, 7) is 2.87. The molecule has 11 heteroatoms. The topological polar surface area (TPSA) is 36.9 Å². The van der Waals surface area contributed by atoms with Crippen LogP contribution >= 0.6 is 0 Å². The second-order valence-corrected chi connectivity index (χ2v) is 11.8. The Bertz CT molecular complexity index is 984. The molecule has 1 aromatic rings. The number of hydrogen-bond donors (Lipinski definition) is 0. The first kappa shape index (κ1) is 33.1. The molecule has 2 aliphatic carbocycles. The molecule has 1 aromatic carbocycles. The van der Waals surface area contributed by atoms with Crippen molar-refractivity contribution in [1.29, 1.82) is 0 Å². The second kappa shape index (κ2) is 14.8. The summed E-state index contributed by atoms with van der Waals surface area (Å²) in [5, 5.41) is 0. The number of hydrogen-bond acceptors (Lipinski definition) is 4. The molecule has 0 amide bonds. The summed E-state index contributed by atoms with van der Waals surface area (Å²) in [7, 11) is 0. The molecule has 0 bridgehead atoms. The van der Waals surface area contributed by atoms with Crippen LogP contribution in [0.4, 0.5) is 30.7 Å². The molecule has 2 saturated carbocycles. The zero-order valence-corrected chi connectivity index (χ0v) is 24.0. The molecule has 4 nitrogen and oxygen atoms in total. The Morgan fingerprint density at radius 3 is 1.81 bits per heavy atom. The van der Waals surface area contributed by atoms with Crippen molar-refractivity contribution in [3.8, 4) is 5.75 Å². The third-order valence-electron chi connectivity index (χ3n) is 8.57. The van der Waals surface area contributed by atoms with Gasteiger partial charge in [-0.1, -0.05) is 19.1 Å². The van der Waals surface area contributed by atoms with Gasteiger partial charge in [-0.3, -0.25) is 0 Å². The molecule has 238 valence electrons. The average Bonchev–Trinajstić information content (AvgIpc) is 2.94. The van der Waals surface area contributed by atoms with E-state index in [-0.39, 0.29) is 50.4 Å². The largest absolute Gasteiger partial charge is 0.432 e. The highest BCUT2D eigenvalue weighted by Gasteiger charge is 2.46. The standard InChI is InChI=1S/C31H41F7O4/c1-2-15-39-23-10-5-20(6-11-23)3-4-21-7-12-24(13-8-21)41-19-25-14-9-22(18-40-25)31(37,38)42-26-16-27(32)29(28(33)17-26)30(34,35)36/h3-4,16-17,20-25H,2,5-15,18-19H2,1H3/b4-3+. The molecule has 3 aliphatic rings. The molecule has 0 N–H and O–H groups in total. The van der Waals surface area contributed by atoms with Gasteiger partial charge in [0.1, 0.15) is 22.9 Å². The molecule has 2 atom stereocenters. The van der Waals surface area contributed by atoms with Crippen LogP contribution in [0.3, 0.4) is 0 Å². The van der Waals surface area contributed by atoms with Crippen molar-refractivity contribution in [2.75, 3.05) is 19.8 Å². The second-order valence-electron chi connectivity index (χ2n) is 11.8. The fraction of sp³-hybridized carbons (Fsp3) is 0.742. The Morgan fingerprint density at radius 1 is 0.786 bits per heavy atom. The normalized spacial score (nSPS) is 29.6. The summed E-state index contributed by atoms with van der Waals surface area (Å²) >= 11 is 0. The van der Waals surface area contributed by atoms with E-state index in [4.69, 9.17) is 14.2 Å². The van der Waals surface area contributed by atoms with Crippen molar-refractivity contribution in [3.63, 3.8) is 0 Å². The van der Waals surface area contributed by atoms with Crippen LogP contribution in [-0.2, 0) is 20.4 Å². The van der Waals surface area contributed by atoms with Gasteiger partial charge in [-0.25, -0.2) is 8.78 Å². The molecule has 0 aromatic heterocycles. The lowest BCUT2D eigenvalue weighted by Crippen LogP contribution is -2.43. The Balaban J connectivity index is 1.13. The Hall–Kier alpha value is -1.85. The first-order valence-electron chi connectivity index (χ1n) is 15.1. The molecule has 42 heavy (non-hydrogen) atoms. The van der Waals surface area contributed by atoms with Crippen LogP contribution in [0.25, 0.3) is 0 Å². The van der Waals surface area contributed by atoms with Crippen molar-refractivity contribution >= 4 is 0 Å². The predicted molar refractivity (Wildman–Crippen MR) is 142 cm³/mol. The Morgan fingerprint density at radius 2 is 1.33 bits per heavy atom. The van der Waals surface area contributed by atoms with Gasteiger partial charge in [-0.2, -0.15) is 22.0 Å². The maximum Gasteiger partial charge on any atom is 0.422 e. The number of halogens is 7. The van der Waals surface area contributed by atoms with Gasteiger partial charge >= 0.3 is 12.3 Å². The summed E-state index contributed by atoms with van der Waals surface area (Å²) in [6.07, 6.45) is 5.56. The van der Waals surface area contributed by atoms with Gasteiger partial charge in [-0.15, -0.1) is 0 Å². The van der Waals surface area contributed by atoms with Crippen molar-refractivity contribution in [3.05, 3.63) is 41.5 Å². The minimum atomic E-state index is -5.30. The molecule has 1 aliphatic heterocycles. The third kappa shape index (κ3) is 9.32. The van der Waals surface area contributed by atoms with E-state index in [0.717, 1.165) is 51.6 Å². The highest BCUT2D eigenvalue weighted by Crippen LogP contribution is 2.39. The minimum absolute atomic E-state index is 0.00317. The average molecular weight is 611 g/mol. The fourth-order valence-corrected chi connectivity index (χ4v) is 6.06. The lowest BCUT2D eigenvalue weighted by molar-refractivity contribution is -0.244. The molecular weight excluding hydrogens is 569 g/mol. The van der Waals surface area contributed by atoms with Gasteiger partial charge < -0.3 is 18.9 Å². The summed E-state index contributed by atoms with van der Waals surface area (Å²) in [6, 6.07) is 0.222. The highest BCUT2D eigenvalue weighted by atomic mass is 19.4. The molecule has 4 rings (SSSR count). The summed E-state index contributed by atoms with van der Waals surface area (Å²) < 4.78 is 117. The number of ether oxygens (including phenoxy) is 4. The van der Waals surface area contributed by atoms with Gasteiger partial charge in [0.25, 0.3) is 0 Å². The number of rotatable bonds is 11. The molecular formula is C31H41F7O4.